The maximum absolute atomic E-state index is 5.30. The number of hydrogen-bond acceptors (Lipinski definition) is 2. The molecule has 198 valence electrons. The van der Waals surface area contributed by atoms with Gasteiger partial charge in [-0.25, -0.2) is 9.97 Å². The number of pyridine rings is 2. The SMILES string of the molecule is c1ccc2c(c1)-c1ccccc1C21c2ccccc2-c2ccc(-c3ccc4ccc5cc6ccccc6nc5c4n3)cc21. The zero-order chi connectivity index (χ0) is 28.1. The Morgan fingerprint density at radius 3 is 1.65 bits per heavy atom. The third-order valence-corrected chi connectivity index (χ3v) is 9.64. The van der Waals surface area contributed by atoms with Gasteiger partial charge in [0.15, 0.2) is 0 Å². The third-order valence-electron chi connectivity index (χ3n) is 9.64. The number of benzene rings is 6. The van der Waals surface area contributed by atoms with Gasteiger partial charge in [0, 0.05) is 21.7 Å². The molecule has 2 aliphatic carbocycles. The smallest absolute Gasteiger partial charge is 0.0972 e. The summed E-state index contributed by atoms with van der Waals surface area (Å²) >= 11 is 0. The van der Waals surface area contributed by atoms with Crippen molar-refractivity contribution in [3.63, 3.8) is 0 Å². The van der Waals surface area contributed by atoms with Crippen LogP contribution in [0.25, 0.3) is 66.2 Å². The first-order chi connectivity index (χ1) is 21.3. The topological polar surface area (TPSA) is 25.8 Å². The fourth-order valence-electron chi connectivity index (χ4n) is 7.84. The predicted molar refractivity (Wildman–Crippen MR) is 176 cm³/mol. The molecular weight excluding hydrogens is 520 g/mol. The van der Waals surface area contributed by atoms with E-state index in [0.717, 1.165) is 44.0 Å². The summed E-state index contributed by atoms with van der Waals surface area (Å²) in [7, 11) is 0. The maximum atomic E-state index is 5.30. The first-order valence-electron chi connectivity index (χ1n) is 14.8. The van der Waals surface area contributed by atoms with E-state index in [9.17, 15) is 0 Å². The highest BCUT2D eigenvalue weighted by atomic mass is 14.8. The molecule has 0 fully saturated rings. The van der Waals surface area contributed by atoms with Gasteiger partial charge in [-0.1, -0.05) is 121 Å². The van der Waals surface area contributed by atoms with Crippen molar-refractivity contribution in [2.75, 3.05) is 0 Å². The Balaban J connectivity index is 1.25. The van der Waals surface area contributed by atoms with Crippen LogP contribution in [0.3, 0.4) is 0 Å². The first kappa shape index (κ1) is 23.0. The molecule has 0 radical (unpaired) electrons. The van der Waals surface area contributed by atoms with E-state index in [-0.39, 0.29) is 5.41 Å². The van der Waals surface area contributed by atoms with E-state index in [2.05, 4.69) is 140 Å². The molecule has 2 heterocycles. The van der Waals surface area contributed by atoms with Crippen LogP contribution in [0.5, 0.6) is 0 Å². The highest BCUT2D eigenvalue weighted by Crippen LogP contribution is 2.62. The molecule has 8 aromatic rings. The van der Waals surface area contributed by atoms with Crippen molar-refractivity contribution >= 4 is 32.7 Å². The van der Waals surface area contributed by atoms with Gasteiger partial charge in [0.05, 0.1) is 27.7 Å². The molecule has 0 aliphatic heterocycles. The Morgan fingerprint density at radius 2 is 0.930 bits per heavy atom. The minimum absolute atomic E-state index is 0.362. The Morgan fingerprint density at radius 1 is 0.372 bits per heavy atom. The van der Waals surface area contributed by atoms with Gasteiger partial charge in [0.1, 0.15) is 0 Å². The number of hydrogen-bond donors (Lipinski definition) is 0. The molecule has 0 saturated carbocycles. The molecule has 2 aromatic heterocycles. The fraction of sp³-hybridized carbons (Fsp3) is 0.0244. The molecule has 6 aromatic carbocycles. The van der Waals surface area contributed by atoms with Gasteiger partial charge in [0.2, 0.25) is 0 Å². The Bertz CT molecular complexity index is 2410. The second kappa shape index (κ2) is 8.24. The van der Waals surface area contributed by atoms with Crippen LogP contribution in [-0.4, -0.2) is 9.97 Å². The van der Waals surface area contributed by atoms with Crippen molar-refractivity contribution in [2.24, 2.45) is 0 Å². The van der Waals surface area contributed by atoms with Crippen LogP contribution in [0.2, 0.25) is 0 Å². The number of nitrogens with zero attached hydrogens (tertiary/aromatic N) is 2. The van der Waals surface area contributed by atoms with Gasteiger partial charge < -0.3 is 0 Å². The zero-order valence-corrected chi connectivity index (χ0v) is 23.3. The van der Waals surface area contributed by atoms with E-state index < -0.39 is 0 Å². The third kappa shape index (κ3) is 2.92. The molecule has 0 bridgehead atoms. The van der Waals surface area contributed by atoms with Crippen LogP contribution >= 0.6 is 0 Å². The molecular formula is C41H24N2. The summed E-state index contributed by atoms with van der Waals surface area (Å²) < 4.78 is 0. The Labute approximate surface area is 248 Å². The molecule has 1 spiro atoms. The predicted octanol–water partition coefficient (Wildman–Crippen LogP) is 9.95. The second-order valence-corrected chi connectivity index (χ2v) is 11.7. The average molecular weight is 545 g/mol. The Kier molecular flexibility index (Phi) is 4.41. The number of aromatic nitrogens is 2. The highest BCUT2D eigenvalue weighted by Gasteiger charge is 2.51. The average Bonchev–Trinajstić information content (AvgIpc) is 3.54. The van der Waals surface area contributed by atoms with E-state index >= 15 is 0 Å². The lowest BCUT2D eigenvalue weighted by Crippen LogP contribution is -2.25. The van der Waals surface area contributed by atoms with Gasteiger partial charge in [-0.3, -0.25) is 0 Å². The molecule has 0 unspecified atom stereocenters. The monoisotopic (exact) mass is 544 g/mol. The van der Waals surface area contributed by atoms with E-state index in [4.69, 9.17) is 9.97 Å². The van der Waals surface area contributed by atoms with Crippen molar-refractivity contribution in [1.29, 1.82) is 0 Å². The molecule has 10 rings (SSSR count). The molecule has 0 atom stereocenters. The van der Waals surface area contributed by atoms with Gasteiger partial charge >= 0.3 is 0 Å². The summed E-state index contributed by atoms with van der Waals surface area (Å²) in [5, 5.41) is 3.35. The van der Waals surface area contributed by atoms with Crippen LogP contribution in [0.4, 0.5) is 0 Å². The van der Waals surface area contributed by atoms with Crippen LogP contribution in [-0.2, 0) is 5.41 Å². The minimum Gasteiger partial charge on any atom is -0.245 e. The minimum atomic E-state index is -0.362. The first-order valence-corrected chi connectivity index (χ1v) is 14.8. The lowest BCUT2D eigenvalue weighted by molar-refractivity contribution is 0.794. The summed E-state index contributed by atoms with van der Waals surface area (Å²) in [4.78, 5) is 10.4. The molecule has 0 N–H and O–H groups in total. The van der Waals surface area contributed by atoms with Crippen LogP contribution in [0.1, 0.15) is 22.3 Å². The lowest BCUT2D eigenvalue weighted by atomic mass is 9.70. The zero-order valence-electron chi connectivity index (χ0n) is 23.3. The van der Waals surface area contributed by atoms with E-state index in [1.54, 1.807) is 0 Å². The van der Waals surface area contributed by atoms with Crippen molar-refractivity contribution in [3.8, 4) is 33.5 Å². The molecule has 2 aliphatic rings. The van der Waals surface area contributed by atoms with E-state index in [1.807, 2.05) is 6.07 Å². The number of rotatable bonds is 1. The van der Waals surface area contributed by atoms with Crippen LogP contribution < -0.4 is 0 Å². The van der Waals surface area contributed by atoms with Crippen molar-refractivity contribution in [2.45, 2.75) is 5.41 Å². The largest absolute Gasteiger partial charge is 0.245 e. The second-order valence-electron chi connectivity index (χ2n) is 11.7. The van der Waals surface area contributed by atoms with Gasteiger partial charge in [-0.15, -0.1) is 0 Å². The standard InChI is InChI=1S/C41H24N2/c1-8-16-37-26(9-1)23-28-18-17-25-20-22-38(43-39(25)40(28)42-37)27-19-21-32-31-12-4-7-15-35(31)41(36(32)24-27)33-13-5-2-10-29(33)30-11-3-6-14-34(30)41/h1-24H. The van der Waals surface area contributed by atoms with Gasteiger partial charge in [-0.2, -0.15) is 0 Å². The summed E-state index contributed by atoms with van der Waals surface area (Å²) in [6.45, 7) is 0. The van der Waals surface area contributed by atoms with Crippen LogP contribution in [0.15, 0.2) is 146 Å². The maximum Gasteiger partial charge on any atom is 0.0972 e. The molecule has 2 nitrogen and oxygen atoms in total. The van der Waals surface area contributed by atoms with E-state index in [1.165, 1.54) is 44.5 Å². The molecule has 2 heteroatoms. The molecule has 43 heavy (non-hydrogen) atoms. The fourth-order valence-corrected chi connectivity index (χ4v) is 7.84. The normalized spacial score (nSPS) is 13.8. The lowest BCUT2D eigenvalue weighted by Gasteiger charge is -2.30. The number of fused-ring (bicyclic) bond motifs is 14. The Hall–Kier alpha value is -5.60. The van der Waals surface area contributed by atoms with Crippen LogP contribution in [0, 0.1) is 0 Å². The van der Waals surface area contributed by atoms with E-state index in [0.29, 0.717) is 0 Å². The quantitative estimate of drug-likeness (QED) is 0.152. The summed E-state index contributed by atoms with van der Waals surface area (Å²) in [6.07, 6.45) is 0. The summed E-state index contributed by atoms with van der Waals surface area (Å²) in [5.74, 6) is 0. The van der Waals surface area contributed by atoms with Crippen molar-refractivity contribution in [1.82, 2.24) is 9.97 Å². The van der Waals surface area contributed by atoms with Crippen molar-refractivity contribution < 1.29 is 0 Å². The number of para-hydroxylation sites is 1. The van der Waals surface area contributed by atoms with Crippen molar-refractivity contribution in [3.05, 3.63) is 168 Å². The molecule has 0 saturated heterocycles. The van der Waals surface area contributed by atoms with Gasteiger partial charge in [-0.05, 0) is 68.8 Å². The van der Waals surface area contributed by atoms with Gasteiger partial charge in [0.25, 0.3) is 0 Å². The summed E-state index contributed by atoms with van der Waals surface area (Å²) in [6, 6.07) is 53.0. The highest BCUT2D eigenvalue weighted by molar-refractivity contribution is 6.07. The summed E-state index contributed by atoms with van der Waals surface area (Å²) in [5.41, 5.74) is 15.2. The molecule has 0 amide bonds.